The fraction of sp³-hybridized carbons (Fsp3) is 0.471. The number of imide groups is 1. The van der Waals surface area contributed by atoms with Crippen molar-refractivity contribution in [3.8, 4) is 0 Å². The average molecular weight is 300 g/mol. The third-order valence-corrected chi connectivity index (χ3v) is 4.39. The van der Waals surface area contributed by atoms with Gasteiger partial charge < -0.3 is 4.90 Å². The van der Waals surface area contributed by atoms with Crippen LogP contribution in [0.25, 0.3) is 0 Å². The average Bonchev–Trinajstić information content (AvgIpc) is 2.72. The fourth-order valence-electron chi connectivity index (χ4n) is 3.48. The largest absolute Gasteiger partial charge is 0.341 e. The maximum atomic E-state index is 12.5. The minimum atomic E-state index is -0.368. The van der Waals surface area contributed by atoms with Crippen molar-refractivity contribution >= 4 is 17.7 Å². The number of piperidine rings is 1. The fourth-order valence-corrected chi connectivity index (χ4v) is 3.48. The first-order valence-corrected chi connectivity index (χ1v) is 7.70. The quantitative estimate of drug-likeness (QED) is 0.782. The maximum absolute atomic E-state index is 12.5. The van der Waals surface area contributed by atoms with Crippen molar-refractivity contribution in [1.82, 2.24) is 9.80 Å². The molecule has 3 amide bonds. The van der Waals surface area contributed by atoms with E-state index in [0.717, 1.165) is 11.3 Å². The Bertz CT molecular complexity index is 596. The first-order valence-electron chi connectivity index (χ1n) is 7.70. The van der Waals surface area contributed by atoms with Crippen LogP contribution in [0.1, 0.15) is 41.0 Å². The van der Waals surface area contributed by atoms with Crippen LogP contribution >= 0.6 is 0 Å². The van der Waals surface area contributed by atoms with Crippen molar-refractivity contribution in [2.75, 3.05) is 19.6 Å². The minimum absolute atomic E-state index is 0.145. The predicted molar refractivity (Wildman–Crippen MR) is 81.3 cm³/mol. The van der Waals surface area contributed by atoms with Gasteiger partial charge in [-0.3, -0.25) is 19.3 Å². The molecule has 2 aliphatic rings. The number of nitrogens with zero attached hydrogens (tertiary/aromatic N) is 2. The van der Waals surface area contributed by atoms with Crippen molar-refractivity contribution in [2.24, 2.45) is 11.8 Å². The molecule has 0 radical (unpaired) electrons. The molecule has 1 aromatic carbocycles. The zero-order valence-corrected chi connectivity index (χ0v) is 12.9. The van der Waals surface area contributed by atoms with E-state index in [-0.39, 0.29) is 24.3 Å². The molecule has 0 bridgehead atoms. The SMILES string of the molecule is C[C@H]1C[C@H](C)CN(C(=O)CN2C(=O)c3ccccc3C2=O)C1. The zero-order chi connectivity index (χ0) is 15.9. The normalized spacial score (nSPS) is 24.6. The highest BCUT2D eigenvalue weighted by Crippen LogP contribution is 2.24. The van der Waals surface area contributed by atoms with Gasteiger partial charge in [0.05, 0.1) is 11.1 Å². The van der Waals surface area contributed by atoms with E-state index in [1.54, 1.807) is 29.2 Å². The van der Waals surface area contributed by atoms with Gasteiger partial charge in [-0.25, -0.2) is 0 Å². The lowest BCUT2D eigenvalue weighted by molar-refractivity contribution is -0.134. The molecule has 5 nitrogen and oxygen atoms in total. The summed E-state index contributed by atoms with van der Waals surface area (Å²) in [6.45, 7) is 5.49. The number of fused-ring (bicyclic) bond motifs is 1. The van der Waals surface area contributed by atoms with E-state index < -0.39 is 0 Å². The van der Waals surface area contributed by atoms with Crippen molar-refractivity contribution in [1.29, 1.82) is 0 Å². The van der Waals surface area contributed by atoms with Crippen LogP contribution in [0.5, 0.6) is 0 Å². The van der Waals surface area contributed by atoms with E-state index in [2.05, 4.69) is 13.8 Å². The van der Waals surface area contributed by atoms with Crippen LogP contribution in [-0.4, -0.2) is 47.2 Å². The molecule has 0 spiro atoms. The summed E-state index contributed by atoms with van der Waals surface area (Å²) in [5.74, 6) is 0.0248. The Balaban J connectivity index is 1.73. The molecule has 0 saturated carbocycles. The third kappa shape index (κ3) is 2.51. The van der Waals surface area contributed by atoms with Gasteiger partial charge in [-0.05, 0) is 30.4 Å². The summed E-state index contributed by atoms with van der Waals surface area (Å²) in [5.41, 5.74) is 0.779. The van der Waals surface area contributed by atoms with Gasteiger partial charge in [0, 0.05) is 13.1 Å². The number of hydrogen-bond acceptors (Lipinski definition) is 3. The smallest absolute Gasteiger partial charge is 0.262 e. The Hall–Kier alpha value is -2.17. The number of carbonyl (C=O) groups is 3. The summed E-state index contributed by atoms with van der Waals surface area (Å²) in [6.07, 6.45) is 1.11. The second-order valence-electron chi connectivity index (χ2n) is 6.49. The molecular formula is C17H20N2O3. The molecule has 2 atom stereocenters. The van der Waals surface area contributed by atoms with Gasteiger partial charge in [0.25, 0.3) is 11.8 Å². The van der Waals surface area contributed by atoms with Gasteiger partial charge in [-0.1, -0.05) is 26.0 Å². The Morgan fingerprint density at radius 3 is 2.05 bits per heavy atom. The summed E-state index contributed by atoms with van der Waals surface area (Å²) < 4.78 is 0. The Kier molecular flexibility index (Phi) is 3.72. The van der Waals surface area contributed by atoms with Crippen LogP contribution in [-0.2, 0) is 4.79 Å². The molecule has 1 saturated heterocycles. The number of likely N-dealkylation sites (tertiary alicyclic amines) is 1. The van der Waals surface area contributed by atoms with Crippen LogP contribution in [0.15, 0.2) is 24.3 Å². The molecule has 22 heavy (non-hydrogen) atoms. The van der Waals surface area contributed by atoms with E-state index in [0.29, 0.717) is 36.1 Å². The van der Waals surface area contributed by atoms with Gasteiger partial charge in [-0.15, -0.1) is 0 Å². The molecule has 0 unspecified atom stereocenters. The van der Waals surface area contributed by atoms with Crippen molar-refractivity contribution < 1.29 is 14.4 Å². The summed E-state index contributed by atoms with van der Waals surface area (Å²) in [7, 11) is 0. The van der Waals surface area contributed by atoms with Gasteiger partial charge >= 0.3 is 0 Å². The number of benzene rings is 1. The summed E-state index contributed by atoms with van der Waals surface area (Å²) in [4.78, 5) is 39.9. The van der Waals surface area contributed by atoms with Crippen LogP contribution in [0.3, 0.4) is 0 Å². The summed E-state index contributed by atoms with van der Waals surface area (Å²) >= 11 is 0. The van der Waals surface area contributed by atoms with E-state index in [1.165, 1.54) is 0 Å². The van der Waals surface area contributed by atoms with Crippen molar-refractivity contribution in [2.45, 2.75) is 20.3 Å². The highest BCUT2D eigenvalue weighted by Gasteiger charge is 2.37. The number of hydrogen-bond donors (Lipinski definition) is 0. The number of carbonyl (C=O) groups excluding carboxylic acids is 3. The summed E-state index contributed by atoms with van der Waals surface area (Å²) in [6, 6.07) is 6.71. The Labute approximate surface area is 129 Å². The first-order chi connectivity index (χ1) is 10.5. The lowest BCUT2D eigenvalue weighted by Gasteiger charge is -2.35. The van der Waals surface area contributed by atoms with Crippen LogP contribution in [0.2, 0.25) is 0 Å². The highest BCUT2D eigenvalue weighted by atomic mass is 16.2. The number of rotatable bonds is 2. The monoisotopic (exact) mass is 300 g/mol. The molecule has 0 N–H and O–H groups in total. The summed E-state index contributed by atoms with van der Waals surface area (Å²) in [5, 5.41) is 0. The molecule has 0 aromatic heterocycles. The molecule has 3 rings (SSSR count). The number of amides is 3. The second kappa shape index (κ2) is 5.55. The molecule has 1 aromatic rings. The van der Waals surface area contributed by atoms with E-state index >= 15 is 0 Å². The second-order valence-corrected chi connectivity index (χ2v) is 6.49. The Morgan fingerprint density at radius 2 is 1.55 bits per heavy atom. The lowest BCUT2D eigenvalue weighted by atomic mass is 9.92. The Morgan fingerprint density at radius 1 is 1.05 bits per heavy atom. The van der Waals surface area contributed by atoms with Gasteiger partial charge in [0.1, 0.15) is 6.54 Å². The molecule has 1 fully saturated rings. The van der Waals surface area contributed by atoms with Crippen molar-refractivity contribution in [3.63, 3.8) is 0 Å². The highest BCUT2D eigenvalue weighted by molar-refractivity contribution is 6.22. The van der Waals surface area contributed by atoms with E-state index in [1.807, 2.05) is 0 Å². The predicted octanol–water partition coefficient (Wildman–Crippen LogP) is 1.79. The first kappa shape index (κ1) is 14.8. The van der Waals surface area contributed by atoms with Gasteiger partial charge in [0.15, 0.2) is 0 Å². The zero-order valence-electron chi connectivity index (χ0n) is 12.9. The van der Waals surface area contributed by atoms with Crippen LogP contribution < -0.4 is 0 Å². The third-order valence-electron chi connectivity index (χ3n) is 4.39. The molecule has 2 aliphatic heterocycles. The van der Waals surface area contributed by atoms with Crippen LogP contribution in [0, 0.1) is 11.8 Å². The van der Waals surface area contributed by atoms with Crippen LogP contribution in [0.4, 0.5) is 0 Å². The molecular weight excluding hydrogens is 280 g/mol. The molecule has 5 heteroatoms. The van der Waals surface area contributed by atoms with Gasteiger partial charge in [0.2, 0.25) is 5.91 Å². The molecule has 116 valence electrons. The topological polar surface area (TPSA) is 57.7 Å². The lowest BCUT2D eigenvalue weighted by Crippen LogP contribution is -2.48. The van der Waals surface area contributed by atoms with Crippen molar-refractivity contribution in [3.05, 3.63) is 35.4 Å². The maximum Gasteiger partial charge on any atom is 0.262 e. The molecule has 2 heterocycles. The minimum Gasteiger partial charge on any atom is -0.341 e. The van der Waals surface area contributed by atoms with E-state index in [9.17, 15) is 14.4 Å². The molecule has 0 aliphatic carbocycles. The van der Waals surface area contributed by atoms with Gasteiger partial charge in [-0.2, -0.15) is 0 Å². The van der Waals surface area contributed by atoms with E-state index in [4.69, 9.17) is 0 Å². The standard InChI is InChI=1S/C17H20N2O3/c1-11-7-12(2)9-18(8-11)15(20)10-19-16(21)13-5-3-4-6-14(13)17(19)22/h3-6,11-12H,7-10H2,1-2H3/t11-,12-/m0/s1.